The van der Waals surface area contributed by atoms with Gasteiger partial charge >= 0.3 is 0 Å². The molecule has 2 rings (SSSR count). The summed E-state index contributed by atoms with van der Waals surface area (Å²) in [7, 11) is 1.12. The van der Waals surface area contributed by atoms with Gasteiger partial charge in [0.25, 0.3) is 5.92 Å². The maximum atomic E-state index is 12.8. The van der Waals surface area contributed by atoms with E-state index in [9.17, 15) is 17.2 Å². The third-order valence-corrected chi connectivity index (χ3v) is 3.95. The van der Waals surface area contributed by atoms with Gasteiger partial charge in [-0.25, -0.2) is 17.2 Å². The van der Waals surface area contributed by atoms with Crippen LogP contribution < -0.4 is 0 Å². The molecule has 2 aliphatic carbocycles. The Morgan fingerprint density at radius 1 is 1.42 bits per heavy atom. The molecule has 2 saturated carbocycles. The number of hydrogen-bond acceptors (Lipinski definition) is 2. The minimum atomic E-state index is -3.77. The summed E-state index contributed by atoms with van der Waals surface area (Å²) in [6.45, 7) is 0. The normalized spacial score (nSPS) is 35.1. The van der Waals surface area contributed by atoms with Crippen molar-refractivity contribution in [2.24, 2.45) is 11.3 Å². The fourth-order valence-corrected chi connectivity index (χ4v) is 3.18. The predicted molar refractivity (Wildman–Crippen MR) is 39.7 cm³/mol. The van der Waals surface area contributed by atoms with Gasteiger partial charge in [0.15, 0.2) is 0 Å². The molecule has 1 spiro atoms. The van der Waals surface area contributed by atoms with Crippen LogP contribution in [0.4, 0.5) is 8.78 Å². The van der Waals surface area contributed by atoms with E-state index in [1.807, 2.05) is 0 Å². The molecule has 12 heavy (non-hydrogen) atoms. The summed E-state index contributed by atoms with van der Waals surface area (Å²) >= 11 is 0. The molecule has 2 nitrogen and oxygen atoms in total. The number of rotatable bonds is 2. The van der Waals surface area contributed by atoms with Gasteiger partial charge in [-0.1, -0.05) is 0 Å². The highest BCUT2D eigenvalue weighted by Gasteiger charge is 2.86. The SMILES string of the molecule is O=S(=O)(Cl)CC1C(F)(F)C12CC2. The van der Waals surface area contributed by atoms with E-state index >= 15 is 0 Å². The molecule has 1 unspecified atom stereocenters. The van der Waals surface area contributed by atoms with Crippen LogP contribution in [0, 0.1) is 11.3 Å². The Hall–Kier alpha value is 0.1000. The fourth-order valence-electron chi connectivity index (χ4n) is 1.87. The van der Waals surface area contributed by atoms with Crippen LogP contribution >= 0.6 is 10.7 Å². The first kappa shape index (κ1) is 8.69. The minimum absolute atomic E-state index is 0.442. The zero-order valence-electron chi connectivity index (χ0n) is 6.06. The van der Waals surface area contributed by atoms with Crippen molar-refractivity contribution in [1.82, 2.24) is 0 Å². The Kier molecular flexibility index (Phi) is 1.41. The molecule has 0 amide bonds. The molecular weight excluding hydrogens is 210 g/mol. The molecule has 2 aliphatic rings. The third-order valence-electron chi connectivity index (χ3n) is 2.84. The first-order chi connectivity index (χ1) is 5.30. The van der Waals surface area contributed by atoms with Crippen molar-refractivity contribution in [3.63, 3.8) is 0 Å². The van der Waals surface area contributed by atoms with Crippen molar-refractivity contribution in [2.75, 3.05) is 5.75 Å². The topological polar surface area (TPSA) is 34.1 Å². The van der Waals surface area contributed by atoms with E-state index in [0.717, 1.165) is 0 Å². The van der Waals surface area contributed by atoms with Crippen LogP contribution in [0.1, 0.15) is 12.8 Å². The molecule has 0 heterocycles. The second-order valence-corrected chi connectivity index (χ2v) is 6.36. The third kappa shape index (κ3) is 0.988. The Labute approximate surface area is 73.3 Å². The highest BCUT2D eigenvalue weighted by molar-refractivity contribution is 8.13. The summed E-state index contributed by atoms with van der Waals surface area (Å²) in [5.74, 6) is -4.39. The molecule has 0 aromatic heterocycles. The first-order valence-electron chi connectivity index (χ1n) is 3.60. The minimum Gasteiger partial charge on any atom is -0.212 e. The van der Waals surface area contributed by atoms with Gasteiger partial charge < -0.3 is 0 Å². The predicted octanol–water partition coefficient (Wildman–Crippen LogP) is 1.60. The van der Waals surface area contributed by atoms with Gasteiger partial charge in [0.05, 0.1) is 5.75 Å². The van der Waals surface area contributed by atoms with Gasteiger partial charge in [-0.2, -0.15) is 0 Å². The number of hydrogen-bond donors (Lipinski definition) is 0. The van der Waals surface area contributed by atoms with E-state index in [-0.39, 0.29) is 0 Å². The lowest BCUT2D eigenvalue weighted by molar-refractivity contribution is 0.0824. The highest BCUT2D eigenvalue weighted by atomic mass is 35.7. The zero-order chi connectivity index (χ0) is 9.20. The van der Waals surface area contributed by atoms with E-state index in [2.05, 4.69) is 0 Å². The molecule has 0 aliphatic heterocycles. The summed E-state index contributed by atoms with van der Waals surface area (Å²) in [6, 6.07) is 0. The van der Waals surface area contributed by atoms with E-state index in [0.29, 0.717) is 12.8 Å². The standard InChI is InChI=1S/C6H7ClF2O2S/c7-12(10,11)3-4-5(1-2-5)6(4,8)9/h4H,1-3H2. The quantitative estimate of drug-likeness (QED) is 0.657. The lowest BCUT2D eigenvalue weighted by Gasteiger charge is -1.91. The zero-order valence-corrected chi connectivity index (χ0v) is 7.63. The summed E-state index contributed by atoms with van der Waals surface area (Å²) in [5, 5.41) is 0. The van der Waals surface area contributed by atoms with Crippen molar-refractivity contribution in [2.45, 2.75) is 18.8 Å². The molecule has 6 heteroatoms. The Morgan fingerprint density at radius 3 is 2.17 bits per heavy atom. The largest absolute Gasteiger partial charge is 0.258 e. The van der Waals surface area contributed by atoms with Gasteiger partial charge in [0.1, 0.15) is 0 Å². The highest BCUT2D eigenvalue weighted by Crippen LogP contribution is 2.80. The summed E-state index contributed by atoms with van der Waals surface area (Å²) in [6.07, 6.45) is 0.883. The van der Waals surface area contributed by atoms with Gasteiger partial charge in [0.2, 0.25) is 9.05 Å². The molecule has 0 aromatic carbocycles. The molecule has 0 bridgehead atoms. The van der Waals surface area contributed by atoms with Gasteiger partial charge in [-0.05, 0) is 12.8 Å². The van der Waals surface area contributed by atoms with E-state index < -0.39 is 32.1 Å². The van der Waals surface area contributed by atoms with Crippen LogP contribution in [-0.4, -0.2) is 20.1 Å². The average Bonchev–Trinajstić information content (AvgIpc) is 2.65. The number of alkyl halides is 2. The van der Waals surface area contributed by atoms with Gasteiger partial charge in [-0.15, -0.1) is 0 Å². The summed E-state index contributed by atoms with van der Waals surface area (Å²) < 4.78 is 46.7. The van der Waals surface area contributed by atoms with E-state index in [4.69, 9.17) is 10.7 Å². The van der Waals surface area contributed by atoms with Gasteiger partial charge in [0, 0.05) is 22.0 Å². The second kappa shape index (κ2) is 1.95. The van der Waals surface area contributed by atoms with Crippen molar-refractivity contribution >= 4 is 19.7 Å². The van der Waals surface area contributed by atoms with Crippen LogP contribution in [0.2, 0.25) is 0 Å². The Morgan fingerprint density at radius 2 is 1.92 bits per heavy atom. The molecule has 0 radical (unpaired) electrons. The maximum absolute atomic E-state index is 12.8. The lowest BCUT2D eigenvalue weighted by atomic mass is 10.3. The first-order valence-corrected chi connectivity index (χ1v) is 6.08. The Balaban J connectivity index is 2.11. The smallest absolute Gasteiger partial charge is 0.212 e. The summed E-state index contributed by atoms with van der Waals surface area (Å²) in [4.78, 5) is 0. The number of halogens is 3. The molecular formula is C6H7ClF2O2S. The molecule has 1 atom stereocenters. The Bertz CT molecular complexity index is 316. The second-order valence-electron chi connectivity index (χ2n) is 3.54. The van der Waals surface area contributed by atoms with E-state index in [1.54, 1.807) is 0 Å². The van der Waals surface area contributed by atoms with Crippen LogP contribution in [-0.2, 0) is 9.05 Å². The molecule has 70 valence electrons. The lowest BCUT2D eigenvalue weighted by Crippen LogP contribution is -2.05. The fraction of sp³-hybridized carbons (Fsp3) is 1.00. The van der Waals surface area contributed by atoms with Crippen LogP contribution in [0.3, 0.4) is 0 Å². The molecule has 0 saturated heterocycles. The molecule has 0 aromatic rings. The average molecular weight is 217 g/mol. The molecule has 2 fully saturated rings. The van der Waals surface area contributed by atoms with E-state index in [1.165, 1.54) is 0 Å². The van der Waals surface area contributed by atoms with Crippen molar-refractivity contribution < 1.29 is 17.2 Å². The van der Waals surface area contributed by atoms with Crippen LogP contribution in [0.25, 0.3) is 0 Å². The van der Waals surface area contributed by atoms with Crippen molar-refractivity contribution in [3.05, 3.63) is 0 Å². The van der Waals surface area contributed by atoms with Crippen molar-refractivity contribution in [3.8, 4) is 0 Å². The molecule has 0 N–H and O–H groups in total. The summed E-state index contributed by atoms with van der Waals surface area (Å²) in [5.41, 5.74) is -0.977. The van der Waals surface area contributed by atoms with Crippen LogP contribution in [0.15, 0.2) is 0 Å². The van der Waals surface area contributed by atoms with Crippen LogP contribution in [0.5, 0.6) is 0 Å². The maximum Gasteiger partial charge on any atom is 0.258 e. The monoisotopic (exact) mass is 216 g/mol. The van der Waals surface area contributed by atoms with Gasteiger partial charge in [-0.3, -0.25) is 0 Å². The van der Waals surface area contributed by atoms with Crippen molar-refractivity contribution in [1.29, 1.82) is 0 Å².